The second-order valence-corrected chi connectivity index (χ2v) is 5.02. The molecule has 0 unspecified atom stereocenters. The Bertz CT molecular complexity index is 1110. The zero-order valence-corrected chi connectivity index (χ0v) is 12.0. The van der Waals surface area contributed by atoms with E-state index in [0.717, 1.165) is 12.1 Å². The summed E-state index contributed by atoms with van der Waals surface area (Å²) in [4.78, 5) is 23.3. The van der Waals surface area contributed by atoms with Crippen LogP contribution < -0.4 is 5.43 Å². The minimum atomic E-state index is -1.97. The van der Waals surface area contributed by atoms with Crippen molar-refractivity contribution in [2.24, 2.45) is 0 Å². The van der Waals surface area contributed by atoms with Crippen molar-refractivity contribution in [2.45, 2.75) is 0 Å². The summed E-state index contributed by atoms with van der Waals surface area (Å²) in [5.74, 6) is -9.46. The largest absolute Gasteiger partial charge is 0.477 e. The van der Waals surface area contributed by atoms with Gasteiger partial charge in [-0.3, -0.25) is 4.79 Å². The first-order chi connectivity index (χ1) is 11.7. The maximum absolute atomic E-state index is 14.0. The minimum absolute atomic E-state index is 0.420. The third-order valence-electron chi connectivity index (χ3n) is 3.53. The molecule has 0 amide bonds. The molecular weight excluding hydrogens is 349 g/mol. The Morgan fingerprint density at radius 1 is 0.960 bits per heavy atom. The van der Waals surface area contributed by atoms with Crippen molar-refractivity contribution >= 4 is 16.9 Å². The number of pyridine rings is 1. The second-order valence-electron chi connectivity index (χ2n) is 5.02. The van der Waals surface area contributed by atoms with E-state index >= 15 is 0 Å². The van der Waals surface area contributed by atoms with Crippen molar-refractivity contribution in [3.63, 3.8) is 0 Å². The van der Waals surface area contributed by atoms with Crippen molar-refractivity contribution in [3.8, 4) is 5.69 Å². The number of halogens is 5. The van der Waals surface area contributed by atoms with Crippen LogP contribution in [0.5, 0.6) is 0 Å². The maximum Gasteiger partial charge on any atom is 0.341 e. The van der Waals surface area contributed by atoms with Crippen LogP contribution in [0.4, 0.5) is 22.0 Å². The maximum atomic E-state index is 14.0. The number of fused-ring (bicyclic) bond motifs is 1. The number of hydrogen-bond donors (Lipinski definition) is 1. The van der Waals surface area contributed by atoms with Gasteiger partial charge < -0.3 is 9.67 Å². The van der Waals surface area contributed by atoms with E-state index in [1.165, 1.54) is 0 Å². The lowest BCUT2D eigenvalue weighted by molar-refractivity contribution is 0.0695. The molecule has 4 nitrogen and oxygen atoms in total. The monoisotopic (exact) mass is 355 g/mol. The molecule has 0 saturated carbocycles. The van der Waals surface area contributed by atoms with Gasteiger partial charge >= 0.3 is 5.97 Å². The number of carboxylic acid groups (broad SMARTS) is 1. The molecule has 25 heavy (non-hydrogen) atoms. The highest BCUT2D eigenvalue weighted by atomic mass is 19.2. The predicted molar refractivity (Wildman–Crippen MR) is 76.3 cm³/mol. The Hall–Kier alpha value is -3.23. The van der Waals surface area contributed by atoms with Crippen LogP contribution in [-0.2, 0) is 0 Å². The van der Waals surface area contributed by atoms with Crippen LogP contribution in [0.3, 0.4) is 0 Å². The smallest absolute Gasteiger partial charge is 0.341 e. The average Bonchev–Trinajstić information content (AvgIpc) is 2.53. The first kappa shape index (κ1) is 16.6. The molecule has 0 radical (unpaired) electrons. The molecule has 3 rings (SSSR count). The Morgan fingerprint density at radius 2 is 1.64 bits per heavy atom. The highest BCUT2D eigenvalue weighted by molar-refractivity contribution is 5.93. The Morgan fingerprint density at radius 3 is 2.24 bits per heavy atom. The van der Waals surface area contributed by atoms with Crippen LogP contribution in [-0.4, -0.2) is 15.6 Å². The minimum Gasteiger partial charge on any atom is -0.477 e. The van der Waals surface area contributed by atoms with Crippen LogP contribution in [0.1, 0.15) is 10.4 Å². The Labute approximate surface area is 135 Å². The van der Waals surface area contributed by atoms with Gasteiger partial charge in [-0.05, 0) is 12.1 Å². The average molecular weight is 355 g/mol. The van der Waals surface area contributed by atoms with E-state index in [-0.39, 0.29) is 0 Å². The lowest BCUT2D eigenvalue weighted by Gasteiger charge is -2.14. The van der Waals surface area contributed by atoms with E-state index < -0.39 is 62.6 Å². The van der Waals surface area contributed by atoms with E-state index in [9.17, 15) is 31.5 Å². The fraction of sp³-hybridized carbons (Fsp3) is 0. The second kappa shape index (κ2) is 5.69. The SMILES string of the molecule is O=C(O)c1cn(-c2ccc(F)cc2F)c2cc(F)c(F)c(F)c2c1=O. The van der Waals surface area contributed by atoms with Crippen molar-refractivity contribution in [3.05, 3.63) is 75.3 Å². The summed E-state index contributed by atoms with van der Waals surface area (Å²) < 4.78 is 68.8. The van der Waals surface area contributed by atoms with Crippen molar-refractivity contribution < 1.29 is 31.9 Å². The number of nitrogens with zero attached hydrogens (tertiary/aromatic N) is 1. The van der Waals surface area contributed by atoms with E-state index in [4.69, 9.17) is 5.11 Å². The summed E-state index contributed by atoms with van der Waals surface area (Å²) in [6.45, 7) is 0. The summed E-state index contributed by atoms with van der Waals surface area (Å²) in [6.07, 6.45) is 0.625. The molecule has 128 valence electrons. The van der Waals surface area contributed by atoms with E-state index in [2.05, 4.69) is 0 Å². The van der Waals surface area contributed by atoms with E-state index in [1.54, 1.807) is 0 Å². The summed E-state index contributed by atoms with van der Waals surface area (Å²) >= 11 is 0. The number of rotatable bonds is 2. The number of aromatic carboxylic acids is 1. The van der Waals surface area contributed by atoms with Crippen LogP contribution in [0, 0.1) is 29.1 Å². The van der Waals surface area contributed by atoms with Crippen LogP contribution in [0.25, 0.3) is 16.6 Å². The molecule has 2 aromatic carbocycles. The number of benzene rings is 2. The fourth-order valence-corrected chi connectivity index (χ4v) is 2.41. The lowest BCUT2D eigenvalue weighted by Crippen LogP contribution is -2.20. The van der Waals surface area contributed by atoms with Gasteiger partial charge in [-0.1, -0.05) is 0 Å². The fourth-order valence-electron chi connectivity index (χ4n) is 2.41. The third-order valence-corrected chi connectivity index (χ3v) is 3.53. The first-order valence-corrected chi connectivity index (χ1v) is 6.64. The molecule has 0 bridgehead atoms. The van der Waals surface area contributed by atoms with E-state index in [1.807, 2.05) is 0 Å². The third kappa shape index (κ3) is 2.53. The van der Waals surface area contributed by atoms with Gasteiger partial charge in [0.1, 0.15) is 17.2 Å². The Balaban J connectivity index is 2.57. The number of carboxylic acids is 1. The van der Waals surface area contributed by atoms with Crippen LogP contribution in [0.2, 0.25) is 0 Å². The van der Waals surface area contributed by atoms with Crippen molar-refractivity contribution in [2.75, 3.05) is 0 Å². The van der Waals surface area contributed by atoms with Crippen molar-refractivity contribution in [1.29, 1.82) is 0 Å². The zero-order valence-electron chi connectivity index (χ0n) is 12.0. The molecule has 0 spiro atoms. The van der Waals surface area contributed by atoms with Gasteiger partial charge in [0.25, 0.3) is 0 Å². The molecule has 1 heterocycles. The Kier molecular flexibility index (Phi) is 3.78. The molecule has 3 aromatic rings. The summed E-state index contributed by atoms with van der Waals surface area (Å²) in [5.41, 5.74) is -3.50. The summed E-state index contributed by atoms with van der Waals surface area (Å²) in [7, 11) is 0. The molecule has 0 fully saturated rings. The predicted octanol–water partition coefficient (Wildman–Crippen LogP) is 3.38. The highest BCUT2D eigenvalue weighted by Crippen LogP contribution is 2.25. The molecule has 0 aliphatic rings. The quantitative estimate of drug-likeness (QED) is 0.566. The number of aromatic nitrogens is 1. The van der Waals surface area contributed by atoms with Gasteiger partial charge in [-0.25, -0.2) is 26.7 Å². The highest BCUT2D eigenvalue weighted by Gasteiger charge is 2.23. The number of hydrogen-bond acceptors (Lipinski definition) is 2. The number of carbonyl (C=O) groups is 1. The topological polar surface area (TPSA) is 59.3 Å². The molecule has 0 aliphatic heterocycles. The molecular formula is C16H6F5NO3. The molecule has 0 aliphatic carbocycles. The normalized spacial score (nSPS) is 11.1. The molecule has 9 heteroatoms. The van der Waals surface area contributed by atoms with E-state index in [0.29, 0.717) is 22.9 Å². The van der Waals surface area contributed by atoms with Crippen LogP contribution >= 0.6 is 0 Å². The summed E-state index contributed by atoms with van der Waals surface area (Å²) in [5, 5.41) is 8.00. The molecule has 1 aromatic heterocycles. The van der Waals surface area contributed by atoms with Gasteiger partial charge in [-0.2, -0.15) is 0 Å². The molecule has 0 saturated heterocycles. The van der Waals surface area contributed by atoms with Gasteiger partial charge in [0.05, 0.1) is 16.6 Å². The van der Waals surface area contributed by atoms with Gasteiger partial charge in [0, 0.05) is 18.3 Å². The van der Waals surface area contributed by atoms with Gasteiger partial charge in [0.15, 0.2) is 17.5 Å². The van der Waals surface area contributed by atoms with Crippen molar-refractivity contribution in [1.82, 2.24) is 4.57 Å². The first-order valence-electron chi connectivity index (χ1n) is 6.64. The molecule has 1 N–H and O–H groups in total. The standard InChI is InChI=1S/C16H6F5NO3/c17-6-1-2-10(8(18)3-6)22-5-7(16(24)25)15(23)12-11(22)4-9(19)13(20)14(12)21/h1-5H,(H,24,25). The van der Waals surface area contributed by atoms with Gasteiger partial charge in [0.2, 0.25) is 5.43 Å². The zero-order chi connectivity index (χ0) is 18.5. The van der Waals surface area contributed by atoms with Crippen LogP contribution in [0.15, 0.2) is 35.3 Å². The lowest BCUT2D eigenvalue weighted by atomic mass is 10.1. The van der Waals surface area contributed by atoms with Gasteiger partial charge in [-0.15, -0.1) is 0 Å². The molecule has 0 atom stereocenters. The summed E-state index contributed by atoms with van der Waals surface area (Å²) in [6, 6.07) is 2.57.